The highest BCUT2D eigenvalue weighted by Crippen LogP contribution is 2.20. The summed E-state index contributed by atoms with van der Waals surface area (Å²) in [6.07, 6.45) is 1.42. The second-order valence-electron chi connectivity index (χ2n) is 5.82. The molecule has 0 amide bonds. The van der Waals surface area contributed by atoms with Gasteiger partial charge in [-0.15, -0.1) is 0 Å². The fourth-order valence-corrected chi connectivity index (χ4v) is 2.91. The van der Waals surface area contributed by atoms with Crippen LogP contribution in [0.5, 0.6) is 0 Å². The van der Waals surface area contributed by atoms with Crippen molar-refractivity contribution in [2.45, 2.75) is 26.7 Å². The molecule has 0 spiro atoms. The maximum atomic E-state index is 12.2. The fraction of sp³-hybridized carbons (Fsp3) is 0.278. The van der Waals surface area contributed by atoms with Crippen LogP contribution in [0.1, 0.15) is 34.1 Å². The number of aromatic nitrogens is 3. The Balaban J connectivity index is 1.80. The molecule has 2 aromatic heterocycles. The van der Waals surface area contributed by atoms with E-state index in [1.165, 1.54) is 0 Å². The van der Waals surface area contributed by atoms with Crippen LogP contribution in [-0.2, 0) is 17.6 Å². The molecule has 4 N–H and O–H groups in total. The first-order valence-corrected chi connectivity index (χ1v) is 8.12. The Morgan fingerprint density at radius 1 is 1.20 bits per heavy atom. The summed E-state index contributed by atoms with van der Waals surface area (Å²) in [4.78, 5) is 33.6. The van der Waals surface area contributed by atoms with Crippen LogP contribution in [0.25, 0.3) is 11.0 Å². The molecular weight excluding hydrogens is 320 g/mol. The van der Waals surface area contributed by atoms with Gasteiger partial charge in [-0.1, -0.05) is 12.1 Å². The number of nitrogens with one attached hydrogen (secondary N) is 2. The molecule has 1 aromatic carbocycles. The van der Waals surface area contributed by atoms with E-state index in [4.69, 9.17) is 10.5 Å². The van der Waals surface area contributed by atoms with Gasteiger partial charge in [-0.25, -0.2) is 4.79 Å². The van der Waals surface area contributed by atoms with Crippen molar-refractivity contribution in [1.29, 1.82) is 0 Å². The Hall–Kier alpha value is -3.09. The van der Waals surface area contributed by atoms with Gasteiger partial charge in [0, 0.05) is 5.69 Å². The van der Waals surface area contributed by atoms with Crippen molar-refractivity contribution in [3.63, 3.8) is 0 Å². The zero-order chi connectivity index (χ0) is 18.0. The Bertz CT molecular complexity index is 970. The number of nitrogen functional groups attached to an aromatic ring is 1. The number of benzene rings is 1. The first-order chi connectivity index (χ1) is 12.0. The molecule has 0 aliphatic carbocycles. The molecule has 2 heterocycles. The molecule has 7 nitrogen and oxygen atoms in total. The number of hydrogen-bond acceptors (Lipinski definition) is 5. The number of nitrogens with two attached hydrogens (primary N) is 1. The predicted molar refractivity (Wildman–Crippen MR) is 95.7 cm³/mol. The average Bonchev–Trinajstić information content (AvgIpc) is 2.89. The predicted octanol–water partition coefficient (Wildman–Crippen LogP) is 2.10. The lowest BCUT2D eigenvalue weighted by atomic mass is 10.0. The van der Waals surface area contributed by atoms with Gasteiger partial charge in [0.15, 0.2) is 0 Å². The third-order valence-corrected chi connectivity index (χ3v) is 4.13. The molecule has 0 unspecified atom stereocenters. The number of anilines is 1. The molecule has 0 aliphatic heterocycles. The van der Waals surface area contributed by atoms with E-state index >= 15 is 0 Å². The van der Waals surface area contributed by atoms with Crippen LogP contribution in [0.15, 0.2) is 29.1 Å². The smallest absolute Gasteiger partial charge is 0.338 e. The van der Waals surface area contributed by atoms with E-state index in [1.54, 1.807) is 19.1 Å². The summed E-state index contributed by atoms with van der Waals surface area (Å²) in [6.45, 7) is 4.05. The maximum absolute atomic E-state index is 12.2. The van der Waals surface area contributed by atoms with Crippen LogP contribution in [-0.4, -0.2) is 27.5 Å². The molecule has 130 valence electrons. The molecular formula is C18H20N4O3. The van der Waals surface area contributed by atoms with E-state index in [0.29, 0.717) is 29.6 Å². The highest BCUT2D eigenvalue weighted by molar-refractivity contribution is 5.89. The van der Waals surface area contributed by atoms with Gasteiger partial charge in [0.25, 0.3) is 5.56 Å². The number of carbonyl (C=O) groups excluding carboxylic acids is 1. The van der Waals surface area contributed by atoms with Gasteiger partial charge in [-0.05, 0) is 49.9 Å². The molecule has 25 heavy (non-hydrogen) atoms. The molecule has 0 radical (unpaired) electrons. The number of H-pyrrole nitrogens is 2. The number of carbonyl (C=O) groups is 1. The molecule has 0 aliphatic rings. The Labute approximate surface area is 144 Å². The second kappa shape index (κ2) is 6.80. The molecule has 0 saturated carbocycles. The fourth-order valence-electron chi connectivity index (χ4n) is 2.91. The van der Waals surface area contributed by atoms with Gasteiger partial charge in [-0.3, -0.25) is 9.78 Å². The summed E-state index contributed by atoms with van der Waals surface area (Å²) >= 11 is 0. The van der Waals surface area contributed by atoms with Crippen molar-refractivity contribution in [2.24, 2.45) is 0 Å². The minimum absolute atomic E-state index is 0.0971. The Morgan fingerprint density at radius 2 is 1.92 bits per heavy atom. The van der Waals surface area contributed by atoms with Crippen LogP contribution in [0, 0.1) is 6.92 Å². The zero-order valence-corrected chi connectivity index (χ0v) is 14.2. The van der Waals surface area contributed by atoms with Gasteiger partial charge in [-0.2, -0.15) is 4.98 Å². The highest BCUT2D eigenvalue weighted by Gasteiger charge is 2.14. The van der Waals surface area contributed by atoms with E-state index < -0.39 is 0 Å². The van der Waals surface area contributed by atoms with Crippen molar-refractivity contribution >= 4 is 23.0 Å². The molecule has 0 atom stereocenters. The third-order valence-electron chi connectivity index (χ3n) is 4.13. The van der Waals surface area contributed by atoms with E-state index in [2.05, 4.69) is 15.0 Å². The summed E-state index contributed by atoms with van der Waals surface area (Å²) in [5.74, 6) is -0.225. The van der Waals surface area contributed by atoms with Crippen LogP contribution >= 0.6 is 0 Å². The third kappa shape index (κ3) is 3.40. The van der Waals surface area contributed by atoms with Gasteiger partial charge in [0.1, 0.15) is 5.65 Å². The van der Waals surface area contributed by atoms with Crippen molar-refractivity contribution < 1.29 is 9.53 Å². The molecule has 7 heteroatoms. The van der Waals surface area contributed by atoms with Crippen molar-refractivity contribution in [2.75, 3.05) is 12.3 Å². The lowest BCUT2D eigenvalue weighted by molar-refractivity contribution is 0.0526. The summed E-state index contributed by atoms with van der Waals surface area (Å²) in [7, 11) is 0. The maximum Gasteiger partial charge on any atom is 0.338 e. The minimum Gasteiger partial charge on any atom is -0.462 e. The largest absolute Gasteiger partial charge is 0.462 e. The number of aromatic amines is 2. The van der Waals surface area contributed by atoms with Crippen LogP contribution in [0.4, 0.5) is 5.95 Å². The van der Waals surface area contributed by atoms with Crippen LogP contribution in [0.3, 0.4) is 0 Å². The van der Waals surface area contributed by atoms with Crippen molar-refractivity contribution in [3.05, 3.63) is 57.0 Å². The van der Waals surface area contributed by atoms with E-state index in [0.717, 1.165) is 23.2 Å². The van der Waals surface area contributed by atoms with E-state index in [1.807, 2.05) is 19.1 Å². The van der Waals surface area contributed by atoms with Gasteiger partial charge in [0.05, 0.1) is 17.6 Å². The standard InChI is InChI=1S/C18H20N4O3/c1-3-25-17(24)12-7-4-11(5-8-12)6-9-13-10(2)20-15-14(13)16(23)22-18(19)21-15/h4-5,7-8H,3,6,9H2,1-2H3,(H4,19,20,21,22,23). The normalized spacial score (nSPS) is 11.0. The quantitative estimate of drug-likeness (QED) is 0.616. The molecule has 3 aromatic rings. The lowest BCUT2D eigenvalue weighted by Crippen LogP contribution is -2.11. The monoisotopic (exact) mass is 340 g/mol. The number of ether oxygens (including phenoxy) is 1. The van der Waals surface area contributed by atoms with Crippen molar-refractivity contribution in [3.8, 4) is 0 Å². The highest BCUT2D eigenvalue weighted by atomic mass is 16.5. The summed E-state index contributed by atoms with van der Waals surface area (Å²) < 4.78 is 4.97. The zero-order valence-electron chi connectivity index (χ0n) is 14.2. The first kappa shape index (κ1) is 16.8. The summed E-state index contributed by atoms with van der Waals surface area (Å²) in [5, 5.41) is 0.551. The van der Waals surface area contributed by atoms with Crippen LogP contribution < -0.4 is 11.3 Å². The Kier molecular flexibility index (Phi) is 4.56. The lowest BCUT2D eigenvalue weighted by Gasteiger charge is -2.05. The summed E-state index contributed by atoms with van der Waals surface area (Å²) in [5.41, 5.74) is 9.29. The number of fused-ring (bicyclic) bond motifs is 1. The number of nitrogens with zero attached hydrogens (tertiary/aromatic N) is 1. The first-order valence-electron chi connectivity index (χ1n) is 8.12. The van der Waals surface area contributed by atoms with Gasteiger partial charge >= 0.3 is 5.97 Å². The van der Waals surface area contributed by atoms with E-state index in [9.17, 15) is 9.59 Å². The number of hydrogen-bond donors (Lipinski definition) is 3. The van der Waals surface area contributed by atoms with Gasteiger partial charge < -0.3 is 15.5 Å². The Morgan fingerprint density at radius 3 is 2.60 bits per heavy atom. The van der Waals surface area contributed by atoms with Crippen LogP contribution in [0.2, 0.25) is 0 Å². The molecule has 0 bridgehead atoms. The SMILES string of the molecule is CCOC(=O)c1ccc(CCc2c(C)[nH]c3nc(N)[nH]c(=O)c23)cc1. The minimum atomic E-state index is -0.322. The molecule has 0 saturated heterocycles. The topological polar surface area (TPSA) is 114 Å². The van der Waals surface area contributed by atoms with E-state index in [-0.39, 0.29) is 17.5 Å². The van der Waals surface area contributed by atoms with Gasteiger partial charge in [0.2, 0.25) is 5.95 Å². The average molecular weight is 340 g/mol. The molecule has 3 rings (SSSR count). The second-order valence-corrected chi connectivity index (χ2v) is 5.82. The number of aryl methyl sites for hydroxylation is 3. The summed E-state index contributed by atoms with van der Waals surface area (Å²) in [6, 6.07) is 7.31. The number of rotatable bonds is 5. The van der Waals surface area contributed by atoms with Crippen molar-refractivity contribution in [1.82, 2.24) is 15.0 Å². The number of esters is 1. The molecule has 0 fully saturated rings.